The average Bonchev–Trinajstić information content (AvgIpc) is 2.30. The van der Waals surface area contributed by atoms with Crippen LogP contribution in [0.15, 0.2) is 11.8 Å². The third-order valence-electron chi connectivity index (χ3n) is 1.17. The number of hydrogen-bond acceptors (Lipinski definition) is 4. The van der Waals surface area contributed by atoms with E-state index in [0.717, 1.165) is 11.8 Å². The van der Waals surface area contributed by atoms with Crippen molar-refractivity contribution in [2.24, 2.45) is 0 Å². The van der Waals surface area contributed by atoms with Gasteiger partial charge in [-0.25, -0.2) is 0 Å². The fourth-order valence-corrected chi connectivity index (χ4v) is 1.47. The number of carbonyl (C=O) groups is 1. The van der Waals surface area contributed by atoms with E-state index in [-0.39, 0.29) is 10.6 Å². The predicted molar refractivity (Wildman–Crippen MR) is 38.5 cm³/mol. The third-order valence-corrected chi connectivity index (χ3v) is 2.15. The van der Waals surface area contributed by atoms with Gasteiger partial charge in [0.1, 0.15) is 5.76 Å². The van der Waals surface area contributed by atoms with Crippen LogP contribution >= 0.6 is 11.8 Å². The van der Waals surface area contributed by atoms with E-state index in [1.54, 1.807) is 7.11 Å². The number of methoxy groups -OCH3 is 2. The van der Waals surface area contributed by atoms with Gasteiger partial charge in [0.05, 0.1) is 7.11 Å². The lowest BCUT2D eigenvalue weighted by Gasteiger charge is -2.08. The minimum atomic E-state index is -0.238. The summed E-state index contributed by atoms with van der Waals surface area (Å²) in [6, 6.07) is 0. The van der Waals surface area contributed by atoms with Crippen molar-refractivity contribution in [2.45, 2.75) is 5.44 Å². The molecule has 0 fully saturated rings. The second-order valence-electron chi connectivity index (χ2n) is 1.76. The van der Waals surface area contributed by atoms with E-state index in [1.807, 2.05) is 0 Å². The van der Waals surface area contributed by atoms with Crippen LogP contribution in [-0.4, -0.2) is 24.8 Å². The maximum atomic E-state index is 10.7. The lowest BCUT2D eigenvalue weighted by Crippen LogP contribution is -2.06. The van der Waals surface area contributed by atoms with E-state index in [9.17, 15) is 4.79 Å². The van der Waals surface area contributed by atoms with Crippen molar-refractivity contribution in [1.82, 2.24) is 0 Å². The van der Waals surface area contributed by atoms with Gasteiger partial charge in [-0.15, -0.1) is 0 Å². The maximum Gasteiger partial charge on any atom is 0.218 e. The molecule has 0 aromatic carbocycles. The quantitative estimate of drug-likeness (QED) is 0.597. The zero-order valence-corrected chi connectivity index (χ0v) is 6.60. The minimum Gasteiger partial charge on any atom is -0.497 e. The van der Waals surface area contributed by atoms with E-state index in [0.29, 0.717) is 5.76 Å². The highest BCUT2D eigenvalue weighted by Crippen LogP contribution is 2.28. The van der Waals surface area contributed by atoms with Gasteiger partial charge < -0.3 is 9.47 Å². The van der Waals surface area contributed by atoms with Crippen LogP contribution in [0, 0.1) is 0 Å². The van der Waals surface area contributed by atoms with Crippen molar-refractivity contribution in [1.29, 1.82) is 0 Å². The topological polar surface area (TPSA) is 35.5 Å². The van der Waals surface area contributed by atoms with Crippen molar-refractivity contribution in [3.8, 4) is 0 Å². The Morgan fingerprint density at radius 2 is 2.30 bits per heavy atom. The Hall–Kier alpha value is -0.480. The largest absolute Gasteiger partial charge is 0.497 e. The number of thioether (sulfide) groups is 1. The third kappa shape index (κ3) is 1.33. The SMILES string of the molecule is COC1=CC(=O)SC1OC. The van der Waals surface area contributed by atoms with E-state index >= 15 is 0 Å². The molecule has 0 saturated heterocycles. The zero-order chi connectivity index (χ0) is 7.56. The highest BCUT2D eigenvalue weighted by atomic mass is 32.2. The molecular weight excluding hydrogens is 152 g/mol. The van der Waals surface area contributed by atoms with Crippen LogP contribution in [0.5, 0.6) is 0 Å². The van der Waals surface area contributed by atoms with Crippen LogP contribution in [0.2, 0.25) is 0 Å². The Labute approximate surface area is 63.4 Å². The van der Waals surface area contributed by atoms with Crippen molar-refractivity contribution < 1.29 is 14.3 Å². The molecule has 0 spiro atoms. The van der Waals surface area contributed by atoms with Crippen LogP contribution in [0.4, 0.5) is 0 Å². The summed E-state index contributed by atoms with van der Waals surface area (Å²) in [7, 11) is 3.07. The van der Waals surface area contributed by atoms with Gasteiger partial charge in [-0.2, -0.15) is 0 Å². The van der Waals surface area contributed by atoms with Crippen LogP contribution < -0.4 is 0 Å². The van der Waals surface area contributed by atoms with Gasteiger partial charge in [0, 0.05) is 13.2 Å². The summed E-state index contributed by atoms with van der Waals surface area (Å²) >= 11 is 1.12. The molecule has 1 aliphatic rings. The minimum absolute atomic E-state index is 0.0105. The molecule has 0 saturated carbocycles. The molecule has 10 heavy (non-hydrogen) atoms. The van der Waals surface area contributed by atoms with Crippen LogP contribution in [0.25, 0.3) is 0 Å². The molecule has 4 heteroatoms. The number of ether oxygens (including phenoxy) is 2. The number of rotatable bonds is 2. The molecule has 0 amide bonds. The molecular formula is C6H8O3S. The Bertz CT molecular complexity index is 176. The summed E-state index contributed by atoms with van der Waals surface area (Å²) in [5.41, 5.74) is -0.238. The van der Waals surface area contributed by atoms with E-state index < -0.39 is 0 Å². The summed E-state index contributed by atoms with van der Waals surface area (Å²) < 4.78 is 9.81. The molecule has 1 heterocycles. The summed E-state index contributed by atoms with van der Waals surface area (Å²) in [6.45, 7) is 0. The molecule has 1 aliphatic heterocycles. The molecule has 0 aliphatic carbocycles. The molecule has 3 nitrogen and oxygen atoms in total. The predicted octanol–water partition coefficient (Wildman–Crippen LogP) is 0.763. The van der Waals surface area contributed by atoms with Gasteiger partial charge in [-0.1, -0.05) is 0 Å². The highest BCUT2D eigenvalue weighted by molar-refractivity contribution is 8.15. The van der Waals surface area contributed by atoms with Gasteiger partial charge in [0.2, 0.25) is 5.12 Å². The molecule has 0 radical (unpaired) electrons. The van der Waals surface area contributed by atoms with Crippen molar-refractivity contribution in [2.75, 3.05) is 14.2 Å². The molecule has 0 N–H and O–H groups in total. The van der Waals surface area contributed by atoms with Gasteiger partial charge in [-0.05, 0) is 11.8 Å². The molecule has 1 rings (SSSR count). The monoisotopic (exact) mass is 160 g/mol. The van der Waals surface area contributed by atoms with Gasteiger partial charge in [-0.3, -0.25) is 4.79 Å². The van der Waals surface area contributed by atoms with Crippen molar-refractivity contribution in [3.63, 3.8) is 0 Å². The van der Waals surface area contributed by atoms with Crippen LogP contribution in [0.3, 0.4) is 0 Å². The molecule has 1 atom stereocenters. The zero-order valence-electron chi connectivity index (χ0n) is 5.79. The average molecular weight is 160 g/mol. The number of hydrogen-bond donors (Lipinski definition) is 0. The van der Waals surface area contributed by atoms with Gasteiger partial charge >= 0.3 is 0 Å². The lowest BCUT2D eigenvalue weighted by molar-refractivity contribution is -0.107. The summed E-state index contributed by atoms with van der Waals surface area (Å²) in [6.07, 6.45) is 1.44. The molecule has 0 aromatic rings. The first-order chi connectivity index (χ1) is 4.77. The standard InChI is InChI=1S/C6H8O3S/c1-8-4-3-5(7)10-6(4)9-2/h3,6H,1-2H3. The van der Waals surface area contributed by atoms with Crippen LogP contribution in [0.1, 0.15) is 0 Å². The van der Waals surface area contributed by atoms with E-state index in [1.165, 1.54) is 13.2 Å². The van der Waals surface area contributed by atoms with Crippen molar-refractivity contribution >= 4 is 16.9 Å². The lowest BCUT2D eigenvalue weighted by atomic mass is 10.5. The number of carbonyl (C=O) groups excluding carboxylic acids is 1. The van der Waals surface area contributed by atoms with E-state index in [2.05, 4.69) is 0 Å². The Kier molecular flexibility index (Phi) is 2.34. The normalized spacial score (nSPS) is 24.8. The molecule has 0 aromatic heterocycles. The maximum absolute atomic E-state index is 10.7. The second kappa shape index (κ2) is 3.07. The molecule has 56 valence electrons. The first-order valence-corrected chi connectivity index (χ1v) is 3.65. The first kappa shape index (κ1) is 7.63. The Morgan fingerprint density at radius 1 is 1.60 bits per heavy atom. The van der Waals surface area contributed by atoms with Crippen molar-refractivity contribution in [3.05, 3.63) is 11.8 Å². The summed E-state index contributed by atoms with van der Waals surface area (Å²) in [5.74, 6) is 0.595. The Morgan fingerprint density at radius 3 is 2.70 bits per heavy atom. The fraction of sp³-hybridized carbons (Fsp3) is 0.500. The molecule has 1 unspecified atom stereocenters. The Balaban J connectivity index is 2.65. The summed E-state index contributed by atoms with van der Waals surface area (Å²) in [5, 5.41) is -0.0105. The van der Waals surface area contributed by atoms with Gasteiger partial charge in [0.25, 0.3) is 0 Å². The highest BCUT2D eigenvalue weighted by Gasteiger charge is 2.25. The summed E-state index contributed by atoms with van der Waals surface area (Å²) in [4.78, 5) is 10.7. The fourth-order valence-electron chi connectivity index (χ4n) is 0.701. The van der Waals surface area contributed by atoms with Crippen LogP contribution in [-0.2, 0) is 14.3 Å². The smallest absolute Gasteiger partial charge is 0.218 e. The second-order valence-corrected chi connectivity index (χ2v) is 2.82. The molecule has 0 bridgehead atoms. The van der Waals surface area contributed by atoms with E-state index in [4.69, 9.17) is 9.47 Å². The first-order valence-electron chi connectivity index (χ1n) is 2.77. The van der Waals surface area contributed by atoms with Gasteiger partial charge in [0.15, 0.2) is 5.44 Å².